The van der Waals surface area contributed by atoms with Crippen LogP contribution in [0.5, 0.6) is 0 Å². The minimum Gasteiger partial charge on any atom is -0.300 e. The second-order valence-electron chi connectivity index (χ2n) is 4.65. The third-order valence-electron chi connectivity index (χ3n) is 3.33. The number of rotatable bonds is 3. The number of hydrogen-bond acceptors (Lipinski definition) is 1. The third kappa shape index (κ3) is 2.66. The Morgan fingerprint density at radius 1 is 1.43 bits per heavy atom. The average Bonchev–Trinajstić information content (AvgIpc) is 2.08. The van der Waals surface area contributed by atoms with Crippen molar-refractivity contribution >= 4 is 0 Å². The number of nitrogens with zero attached hydrogens (tertiary/aromatic N) is 1. The van der Waals surface area contributed by atoms with Gasteiger partial charge < -0.3 is 4.90 Å². The molecule has 2 atom stereocenters. The topological polar surface area (TPSA) is 3.24 Å². The molecule has 1 nitrogen and oxygen atoms in total. The number of alkyl halides is 2. The Balaban J connectivity index is 2.56. The lowest BCUT2D eigenvalue weighted by Crippen LogP contribution is -2.50. The van der Waals surface area contributed by atoms with Crippen molar-refractivity contribution in [3.05, 3.63) is 0 Å². The highest BCUT2D eigenvalue weighted by Gasteiger charge is 2.45. The maximum atomic E-state index is 13.5. The first kappa shape index (κ1) is 11.9. The number of hydrogen-bond donors (Lipinski definition) is 0. The molecule has 1 aliphatic heterocycles. The van der Waals surface area contributed by atoms with Gasteiger partial charge in [0.2, 0.25) is 0 Å². The molecule has 14 heavy (non-hydrogen) atoms. The molecule has 1 saturated heterocycles. The smallest absolute Gasteiger partial charge is 0.263 e. The zero-order valence-corrected chi connectivity index (χ0v) is 9.39. The van der Waals surface area contributed by atoms with Gasteiger partial charge in [0.25, 0.3) is 5.92 Å². The van der Waals surface area contributed by atoms with Gasteiger partial charge in [-0.15, -0.1) is 0 Å². The molecule has 0 amide bonds. The molecule has 3 heteroatoms. The van der Waals surface area contributed by atoms with Crippen molar-refractivity contribution in [1.29, 1.82) is 0 Å². The van der Waals surface area contributed by atoms with Gasteiger partial charge in [0, 0.05) is 12.5 Å². The van der Waals surface area contributed by atoms with E-state index in [1.54, 1.807) is 18.9 Å². The molecular formula is C11H21F2N. The molecule has 1 rings (SSSR count). The summed E-state index contributed by atoms with van der Waals surface area (Å²) in [7, 11) is 1.79. The molecule has 0 radical (unpaired) electrons. The second kappa shape index (κ2) is 4.56. The standard InChI is InChI=1S/C11H21F2N/c1-4-5-6-10-7-14(3)8-11(12,13)9(10)2/h9-10H,4-8H2,1-3H3. The predicted octanol–water partition coefficient (Wildman–Crippen LogP) is 3.01. The van der Waals surface area contributed by atoms with E-state index in [4.69, 9.17) is 0 Å². The number of piperidine rings is 1. The Kier molecular flexibility index (Phi) is 3.87. The lowest BCUT2D eigenvalue weighted by Gasteiger charge is -2.40. The Hall–Kier alpha value is -0.180. The van der Waals surface area contributed by atoms with Gasteiger partial charge in [-0.2, -0.15) is 0 Å². The van der Waals surface area contributed by atoms with Crippen molar-refractivity contribution in [3.8, 4) is 0 Å². The summed E-state index contributed by atoms with van der Waals surface area (Å²) in [5.74, 6) is -2.78. The molecule has 0 aromatic rings. The van der Waals surface area contributed by atoms with Crippen LogP contribution in [0.2, 0.25) is 0 Å². The Morgan fingerprint density at radius 3 is 2.64 bits per heavy atom. The number of unbranched alkanes of at least 4 members (excludes halogenated alkanes) is 1. The summed E-state index contributed by atoms with van der Waals surface area (Å²) in [6.45, 7) is 4.57. The molecule has 1 aliphatic rings. The summed E-state index contributed by atoms with van der Waals surface area (Å²) in [4.78, 5) is 1.76. The first-order valence-electron chi connectivity index (χ1n) is 5.53. The maximum absolute atomic E-state index is 13.5. The summed E-state index contributed by atoms with van der Waals surface area (Å²) in [5, 5.41) is 0. The summed E-state index contributed by atoms with van der Waals surface area (Å²) in [6.07, 6.45) is 3.11. The van der Waals surface area contributed by atoms with Crippen molar-refractivity contribution in [2.45, 2.75) is 39.0 Å². The van der Waals surface area contributed by atoms with E-state index in [1.807, 2.05) is 0 Å². The van der Waals surface area contributed by atoms with E-state index in [0.29, 0.717) is 0 Å². The molecule has 1 heterocycles. The largest absolute Gasteiger partial charge is 0.300 e. The van der Waals surface area contributed by atoms with Crippen LogP contribution in [0.4, 0.5) is 8.78 Å². The van der Waals surface area contributed by atoms with Crippen LogP contribution in [0.3, 0.4) is 0 Å². The van der Waals surface area contributed by atoms with Gasteiger partial charge in [-0.05, 0) is 19.4 Å². The van der Waals surface area contributed by atoms with E-state index in [1.165, 1.54) is 0 Å². The van der Waals surface area contributed by atoms with Crippen molar-refractivity contribution in [1.82, 2.24) is 4.90 Å². The fourth-order valence-corrected chi connectivity index (χ4v) is 2.28. The van der Waals surface area contributed by atoms with Crippen LogP contribution in [-0.4, -0.2) is 31.0 Å². The molecule has 2 unspecified atom stereocenters. The lowest BCUT2D eigenvalue weighted by molar-refractivity contribution is -0.124. The molecule has 0 saturated carbocycles. The van der Waals surface area contributed by atoms with Crippen LogP contribution in [0, 0.1) is 11.8 Å². The van der Waals surface area contributed by atoms with Gasteiger partial charge in [-0.25, -0.2) is 8.78 Å². The van der Waals surface area contributed by atoms with Gasteiger partial charge in [0.15, 0.2) is 0 Å². The fourth-order valence-electron chi connectivity index (χ4n) is 2.28. The normalized spacial score (nSPS) is 33.2. The molecule has 0 bridgehead atoms. The third-order valence-corrected chi connectivity index (χ3v) is 3.33. The highest BCUT2D eigenvalue weighted by molar-refractivity contribution is 4.88. The van der Waals surface area contributed by atoms with E-state index in [-0.39, 0.29) is 12.5 Å². The van der Waals surface area contributed by atoms with Crippen LogP contribution in [0.1, 0.15) is 33.1 Å². The first-order valence-corrected chi connectivity index (χ1v) is 5.53. The molecule has 84 valence electrons. The van der Waals surface area contributed by atoms with E-state index in [9.17, 15) is 8.78 Å². The van der Waals surface area contributed by atoms with Gasteiger partial charge >= 0.3 is 0 Å². The zero-order chi connectivity index (χ0) is 10.8. The van der Waals surface area contributed by atoms with Crippen LogP contribution >= 0.6 is 0 Å². The summed E-state index contributed by atoms with van der Waals surface area (Å²) in [6, 6.07) is 0. The summed E-state index contributed by atoms with van der Waals surface area (Å²) in [5.41, 5.74) is 0. The van der Waals surface area contributed by atoms with E-state index < -0.39 is 11.8 Å². The first-order chi connectivity index (χ1) is 6.47. The van der Waals surface area contributed by atoms with Gasteiger partial charge in [0.1, 0.15) is 0 Å². The molecule has 0 spiro atoms. The van der Waals surface area contributed by atoms with Crippen molar-refractivity contribution in [2.75, 3.05) is 20.1 Å². The van der Waals surface area contributed by atoms with Crippen LogP contribution < -0.4 is 0 Å². The highest BCUT2D eigenvalue weighted by atomic mass is 19.3. The predicted molar refractivity (Wildman–Crippen MR) is 54.6 cm³/mol. The molecule has 0 aromatic carbocycles. The highest BCUT2D eigenvalue weighted by Crippen LogP contribution is 2.37. The molecule has 0 aliphatic carbocycles. The molecule has 0 aromatic heterocycles. The number of halogens is 2. The van der Waals surface area contributed by atoms with E-state index >= 15 is 0 Å². The minimum atomic E-state index is -2.49. The lowest BCUT2D eigenvalue weighted by atomic mass is 9.81. The second-order valence-corrected chi connectivity index (χ2v) is 4.65. The minimum absolute atomic E-state index is 0.0726. The quantitative estimate of drug-likeness (QED) is 0.684. The SMILES string of the molecule is CCCCC1CN(C)CC(F)(F)C1C. The van der Waals surface area contributed by atoms with E-state index in [0.717, 1.165) is 25.8 Å². The monoisotopic (exact) mass is 205 g/mol. The maximum Gasteiger partial charge on any atom is 0.263 e. The van der Waals surface area contributed by atoms with Gasteiger partial charge in [-0.1, -0.05) is 26.7 Å². The zero-order valence-electron chi connectivity index (χ0n) is 9.39. The van der Waals surface area contributed by atoms with Crippen LogP contribution in [0.15, 0.2) is 0 Å². The van der Waals surface area contributed by atoms with Gasteiger partial charge in [0.05, 0.1) is 6.54 Å². The van der Waals surface area contributed by atoms with Crippen molar-refractivity contribution in [3.63, 3.8) is 0 Å². The Labute approximate surface area is 85.5 Å². The molecule has 1 fully saturated rings. The Morgan fingerprint density at radius 2 is 2.07 bits per heavy atom. The fraction of sp³-hybridized carbons (Fsp3) is 1.00. The van der Waals surface area contributed by atoms with Crippen LogP contribution in [0.25, 0.3) is 0 Å². The summed E-state index contributed by atoms with van der Waals surface area (Å²) < 4.78 is 27.0. The number of likely N-dealkylation sites (tertiary alicyclic amines) is 1. The molecular weight excluding hydrogens is 184 g/mol. The van der Waals surface area contributed by atoms with E-state index in [2.05, 4.69) is 6.92 Å². The van der Waals surface area contributed by atoms with Crippen LogP contribution in [-0.2, 0) is 0 Å². The van der Waals surface area contributed by atoms with Gasteiger partial charge in [-0.3, -0.25) is 0 Å². The van der Waals surface area contributed by atoms with Crippen molar-refractivity contribution in [2.24, 2.45) is 11.8 Å². The Bertz CT molecular complexity index is 182. The summed E-state index contributed by atoms with van der Waals surface area (Å²) >= 11 is 0. The molecule has 0 N–H and O–H groups in total. The average molecular weight is 205 g/mol. The van der Waals surface area contributed by atoms with Crippen molar-refractivity contribution < 1.29 is 8.78 Å².